The van der Waals surface area contributed by atoms with Crippen molar-refractivity contribution in [3.05, 3.63) is 96.5 Å². The van der Waals surface area contributed by atoms with Crippen molar-refractivity contribution < 1.29 is 9.52 Å². The van der Waals surface area contributed by atoms with Crippen LogP contribution >= 0.6 is 0 Å². The van der Waals surface area contributed by atoms with Crippen molar-refractivity contribution >= 4 is 38.5 Å². The molecule has 0 unspecified atom stereocenters. The van der Waals surface area contributed by atoms with E-state index in [4.69, 9.17) is 14.4 Å². The molecular formula is C26H17N3O2. The summed E-state index contributed by atoms with van der Waals surface area (Å²) in [6.45, 7) is 0. The van der Waals surface area contributed by atoms with Gasteiger partial charge in [0, 0.05) is 11.5 Å². The van der Waals surface area contributed by atoms with Gasteiger partial charge in [0.1, 0.15) is 17.2 Å². The highest BCUT2D eigenvalue weighted by Crippen LogP contribution is 2.28. The molecule has 0 aliphatic carbocycles. The van der Waals surface area contributed by atoms with Crippen LogP contribution in [0.5, 0.6) is 5.75 Å². The van der Waals surface area contributed by atoms with Crippen molar-refractivity contribution in [1.29, 1.82) is 0 Å². The molecule has 2 aromatic heterocycles. The Labute approximate surface area is 177 Å². The number of aromatic amines is 1. The molecule has 4 aromatic carbocycles. The van der Waals surface area contributed by atoms with Crippen molar-refractivity contribution in [1.82, 2.24) is 9.97 Å². The molecule has 5 nitrogen and oxygen atoms in total. The monoisotopic (exact) mass is 403 g/mol. The Morgan fingerprint density at radius 3 is 2.58 bits per heavy atom. The average Bonchev–Trinajstić information content (AvgIpc) is 3.22. The maximum atomic E-state index is 9.85. The van der Waals surface area contributed by atoms with Gasteiger partial charge in [-0.1, -0.05) is 48.5 Å². The van der Waals surface area contributed by atoms with E-state index in [0.717, 1.165) is 38.3 Å². The van der Waals surface area contributed by atoms with Gasteiger partial charge in [-0.15, -0.1) is 0 Å². The summed E-state index contributed by atoms with van der Waals surface area (Å²) in [6, 6.07) is 29.0. The van der Waals surface area contributed by atoms with Crippen LogP contribution in [0.2, 0.25) is 0 Å². The number of nitrogens with zero attached hydrogens (tertiary/aromatic N) is 2. The predicted molar refractivity (Wildman–Crippen MR) is 122 cm³/mol. The van der Waals surface area contributed by atoms with Crippen LogP contribution in [-0.2, 0) is 0 Å². The second kappa shape index (κ2) is 6.85. The molecule has 0 spiro atoms. The highest BCUT2D eigenvalue weighted by atomic mass is 16.3. The van der Waals surface area contributed by atoms with Crippen molar-refractivity contribution in [2.45, 2.75) is 0 Å². The van der Waals surface area contributed by atoms with Gasteiger partial charge in [-0.2, -0.15) is 0 Å². The number of phenols is 1. The molecule has 2 N–H and O–H groups in total. The quantitative estimate of drug-likeness (QED) is 0.345. The minimum atomic E-state index is 0.151. The number of benzene rings is 4. The summed E-state index contributed by atoms with van der Waals surface area (Å²) in [5.41, 5.74) is 4.33. The number of aromatic hydroxyl groups is 1. The predicted octanol–water partition coefficient (Wildman–Crippen LogP) is 6.07. The molecular weight excluding hydrogens is 386 g/mol. The molecule has 0 fully saturated rings. The van der Waals surface area contributed by atoms with E-state index in [1.807, 2.05) is 54.6 Å². The number of rotatable bonds is 2. The second-order valence-electron chi connectivity index (χ2n) is 7.40. The third kappa shape index (κ3) is 3.04. The molecule has 0 saturated heterocycles. The molecule has 2 heterocycles. The Hall–Kier alpha value is -4.38. The molecule has 6 aromatic rings. The van der Waals surface area contributed by atoms with Crippen LogP contribution in [-0.4, -0.2) is 15.1 Å². The number of hydrogen-bond donors (Lipinski definition) is 2. The van der Waals surface area contributed by atoms with Crippen molar-refractivity contribution in [2.24, 2.45) is 4.99 Å². The molecule has 0 atom stereocenters. The summed E-state index contributed by atoms with van der Waals surface area (Å²) in [7, 11) is 0. The van der Waals surface area contributed by atoms with Gasteiger partial charge in [0.15, 0.2) is 0 Å². The van der Waals surface area contributed by atoms with Crippen molar-refractivity contribution in [3.63, 3.8) is 0 Å². The van der Waals surface area contributed by atoms with E-state index in [0.29, 0.717) is 17.1 Å². The first-order chi connectivity index (χ1) is 15.2. The van der Waals surface area contributed by atoms with Gasteiger partial charge in [-0.25, -0.2) is 9.98 Å². The number of hydrogen-bond acceptors (Lipinski definition) is 4. The fourth-order valence-corrected chi connectivity index (χ4v) is 3.89. The lowest BCUT2D eigenvalue weighted by Gasteiger charge is -2.06. The summed E-state index contributed by atoms with van der Waals surface area (Å²) in [6.07, 6.45) is 0. The Kier molecular flexibility index (Phi) is 3.86. The summed E-state index contributed by atoms with van der Waals surface area (Å²) in [5.74, 6) is 0.831. The van der Waals surface area contributed by atoms with Crippen LogP contribution in [0, 0.1) is 0 Å². The molecule has 0 aliphatic heterocycles. The minimum Gasteiger partial charge on any atom is -0.508 e. The van der Waals surface area contributed by atoms with E-state index in [2.05, 4.69) is 23.2 Å². The number of aromatic nitrogens is 2. The zero-order valence-electron chi connectivity index (χ0n) is 16.4. The molecule has 0 bridgehead atoms. The number of fused-ring (bicyclic) bond motifs is 4. The molecule has 5 heteroatoms. The van der Waals surface area contributed by atoms with E-state index in [1.165, 1.54) is 0 Å². The summed E-state index contributed by atoms with van der Waals surface area (Å²) in [4.78, 5) is 12.8. The summed E-state index contributed by atoms with van der Waals surface area (Å²) in [5, 5.41) is 13.1. The van der Waals surface area contributed by atoms with Gasteiger partial charge in [-0.3, -0.25) is 0 Å². The lowest BCUT2D eigenvalue weighted by molar-refractivity contribution is 0.475. The third-order valence-corrected chi connectivity index (χ3v) is 5.36. The van der Waals surface area contributed by atoms with Gasteiger partial charge in [-0.05, 0) is 47.2 Å². The SMILES string of the molecule is Oc1cccc(N=c2oc3ccc4ccccc4c3cc2-c2nc3ccccc3[nH]2)c1. The standard InChI is InChI=1S/C26H17N3O2/c30-18-8-5-7-17(14-18)27-26-21(25-28-22-10-3-4-11-23(22)29-25)15-20-19-9-2-1-6-16(19)12-13-24(20)31-26/h1-15,30H,(H,28,29). The van der Waals surface area contributed by atoms with E-state index in [9.17, 15) is 5.11 Å². The molecule has 148 valence electrons. The molecule has 0 radical (unpaired) electrons. The maximum Gasteiger partial charge on any atom is 0.230 e. The summed E-state index contributed by atoms with van der Waals surface area (Å²) < 4.78 is 6.29. The van der Waals surface area contributed by atoms with Crippen LogP contribution < -0.4 is 5.55 Å². The van der Waals surface area contributed by atoms with E-state index < -0.39 is 0 Å². The molecule has 0 amide bonds. The van der Waals surface area contributed by atoms with Gasteiger partial charge >= 0.3 is 0 Å². The number of imidazole rings is 1. The second-order valence-corrected chi connectivity index (χ2v) is 7.40. The molecule has 0 saturated carbocycles. The highest BCUT2D eigenvalue weighted by molar-refractivity contribution is 6.06. The number of nitrogens with one attached hydrogen (secondary N) is 1. The lowest BCUT2D eigenvalue weighted by Crippen LogP contribution is -2.06. The molecule has 31 heavy (non-hydrogen) atoms. The first-order valence-electron chi connectivity index (χ1n) is 9.99. The van der Waals surface area contributed by atoms with Crippen molar-refractivity contribution in [3.8, 4) is 17.1 Å². The zero-order chi connectivity index (χ0) is 20.8. The minimum absolute atomic E-state index is 0.151. The third-order valence-electron chi connectivity index (χ3n) is 5.36. The number of H-pyrrole nitrogens is 1. The molecule has 0 aliphatic rings. The van der Waals surface area contributed by atoms with E-state index in [-0.39, 0.29) is 5.75 Å². The largest absolute Gasteiger partial charge is 0.508 e. The van der Waals surface area contributed by atoms with Crippen LogP contribution in [0.15, 0.2) is 100 Å². The highest BCUT2D eigenvalue weighted by Gasteiger charge is 2.13. The average molecular weight is 403 g/mol. The topological polar surface area (TPSA) is 74.4 Å². The first kappa shape index (κ1) is 17.5. The smallest absolute Gasteiger partial charge is 0.230 e. The fourth-order valence-electron chi connectivity index (χ4n) is 3.89. The number of phenolic OH excluding ortho intramolecular Hbond substituents is 1. The Morgan fingerprint density at radius 1 is 0.806 bits per heavy atom. The first-order valence-corrected chi connectivity index (χ1v) is 9.99. The van der Waals surface area contributed by atoms with Gasteiger partial charge in [0.2, 0.25) is 5.55 Å². The van der Waals surface area contributed by atoms with Crippen molar-refractivity contribution in [2.75, 3.05) is 0 Å². The van der Waals surface area contributed by atoms with Crippen LogP contribution in [0.25, 0.3) is 44.2 Å². The van der Waals surface area contributed by atoms with Gasteiger partial charge in [0.25, 0.3) is 0 Å². The lowest BCUT2D eigenvalue weighted by atomic mass is 10.0. The maximum absolute atomic E-state index is 9.85. The van der Waals surface area contributed by atoms with Crippen LogP contribution in [0.1, 0.15) is 0 Å². The van der Waals surface area contributed by atoms with Crippen LogP contribution in [0.4, 0.5) is 5.69 Å². The normalized spacial score (nSPS) is 12.2. The Balaban J connectivity index is 1.71. The molecule has 6 rings (SSSR count). The zero-order valence-corrected chi connectivity index (χ0v) is 16.4. The van der Waals surface area contributed by atoms with E-state index >= 15 is 0 Å². The van der Waals surface area contributed by atoms with Gasteiger partial charge < -0.3 is 14.5 Å². The van der Waals surface area contributed by atoms with Crippen LogP contribution in [0.3, 0.4) is 0 Å². The fraction of sp³-hybridized carbons (Fsp3) is 0. The Morgan fingerprint density at radius 2 is 1.68 bits per heavy atom. The number of para-hydroxylation sites is 2. The Bertz CT molecular complexity index is 1630. The van der Waals surface area contributed by atoms with Gasteiger partial charge in [0.05, 0.1) is 22.3 Å². The summed E-state index contributed by atoms with van der Waals surface area (Å²) >= 11 is 0. The van der Waals surface area contributed by atoms with E-state index in [1.54, 1.807) is 18.2 Å².